The Hall–Kier alpha value is -3.00. The van der Waals surface area contributed by atoms with E-state index in [4.69, 9.17) is 5.73 Å². The van der Waals surface area contributed by atoms with Crippen LogP contribution in [0.3, 0.4) is 0 Å². The molecule has 2 aromatic rings. The lowest BCUT2D eigenvalue weighted by Crippen LogP contribution is -2.48. The third-order valence-corrected chi connectivity index (χ3v) is 4.64. The summed E-state index contributed by atoms with van der Waals surface area (Å²) in [5, 5.41) is 0. The average molecular weight is 389 g/mol. The Kier molecular flexibility index (Phi) is 6.20. The molecule has 3 rings (SSSR count). The Morgan fingerprint density at radius 2 is 1.64 bits per heavy atom. The molecular weight excluding hydrogens is 368 g/mol. The minimum Gasteiger partial charge on any atom is -0.434 e. The third kappa shape index (κ3) is 4.83. The van der Waals surface area contributed by atoms with Gasteiger partial charge in [0, 0.05) is 38.3 Å². The molecule has 1 saturated heterocycles. The number of alkyl halides is 2. The fourth-order valence-electron chi connectivity index (χ4n) is 3.15. The first kappa shape index (κ1) is 19.8. The van der Waals surface area contributed by atoms with Gasteiger partial charge in [-0.3, -0.25) is 14.5 Å². The van der Waals surface area contributed by atoms with Crippen molar-refractivity contribution in [2.45, 2.75) is 13.2 Å². The minimum absolute atomic E-state index is 0.112. The van der Waals surface area contributed by atoms with Gasteiger partial charge in [0.25, 0.3) is 5.91 Å². The van der Waals surface area contributed by atoms with E-state index < -0.39 is 12.5 Å². The van der Waals surface area contributed by atoms with Crippen molar-refractivity contribution in [2.75, 3.05) is 26.2 Å². The Morgan fingerprint density at radius 3 is 2.25 bits per heavy atom. The number of nitrogens with two attached hydrogens (primary N) is 1. The van der Waals surface area contributed by atoms with Crippen LogP contribution in [0.25, 0.3) is 0 Å². The summed E-state index contributed by atoms with van der Waals surface area (Å²) in [6.07, 6.45) is 0. The van der Waals surface area contributed by atoms with Crippen molar-refractivity contribution in [1.29, 1.82) is 0 Å². The van der Waals surface area contributed by atoms with Gasteiger partial charge in [-0.25, -0.2) is 0 Å². The summed E-state index contributed by atoms with van der Waals surface area (Å²) in [5.74, 6) is -0.893. The topological polar surface area (TPSA) is 75.9 Å². The van der Waals surface area contributed by atoms with E-state index in [9.17, 15) is 18.4 Å². The molecule has 0 bridgehead atoms. The highest BCUT2D eigenvalue weighted by atomic mass is 19.3. The average Bonchev–Trinajstić information content (AvgIpc) is 2.68. The summed E-state index contributed by atoms with van der Waals surface area (Å²) >= 11 is 0. The van der Waals surface area contributed by atoms with Crippen LogP contribution >= 0.6 is 0 Å². The van der Waals surface area contributed by atoms with E-state index in [1.54, 1.807) is 29.2 Å². The lowest BCUT2D eigenvalue weighted by atomic mass is 10.1. The molecule has 1 aliphatic heterocycles. The molecule has 1 fully saturated rings. The number of ether oxygens (including phenoxy) is 1. The Morgan fingerprint density at radius 1 is 1.00 bits per heavy atom. The van der Waals surface area contributed by atoms with Gasteiger partial charge < -0.3 is 15.4 Å². The second-order valence-electron chi connectivity index (χ2n) is 6.50. The third-order valence-electron chi connectivity index (χ3n) is 4.64. The molecule has 148 valence electrons. The van der Waals surface area contributed by atoms with Crippen molar-refractivity contribution in [3.63, 3.8) is 0 Å². The molecule has 0 unspecified atom stereocenters. The molecule has 0 radical (unpaired) electrons. The molecule has 28 heavy (non-hydrogen) atoms. The number of carbonyl (C=O) groups excluding carboxylic acids is 2. The van der Waals surface area contributed by atoms with Crippen LogP contribution in [0, 0.1) is 0 Å². The SMILES string of the molecule is NC(=O)c1ccc(CN2CCN(C(=O)c3ccccc3OC(F)F)CC2)cc1. The van der Waals surface area contributed by atoms with Gasteiger partial charge in [0.05, 0.1) is 5.56 Å². The van der Waals surface area contributed by atoms with Crippen molar-refractivity contribution in [3.8, 4) is 5.75 Å². The van der Waals surface area contributed by atoms with Crippen molar-refractivity contribution < 1.29 is 23.1 Å². The van der Waals surface area contributed by atoms with E-state index in [2.05, 4.69) is 9.64 Å². The van der Waals surface area contributed by atoms with E-state index in [-0.39, 0.29) is 17.2 Å². The molecule has 8 heteroatoms. The van der Waals surface area contributed by atoms with Crippen LogP contribution in [-0.4, -0.2) is 54.4 Å². The standard InChI is InChI=1S/C20H21F2N3O3/c21-20(22)28-17-4-2-1-3-16(17)19(27)25-11-9-24(10-12-25)13-14-5-7-15(8-6-14)18(23)26/h1-8,20H,9-13H2,(H2,23,26). The highest BCUT2D eigenvalue weighted by Gasteiger charge is 2.25. The van der Waals surface area contributed by atoms with Gasteiger partial charge in [-0.2, -0.15) is 8.78 Å². The zero-order valence-electron chi connectivity index (χ0n) is 15.2. The second kappa shape index (κ2) is 8.79. The quantitative estimate of drug-likeness (QED) is 0.823. The number of nitrogens with zero attached hydrogens (tertiary/aromatic N) is 2. The number of carbonyl (C=O) groups is 2. The summed E-state index contributed by atoms with van der Waals surface area (Å²) in [5.41, 5.74) is 6.88. The maximum atomic E-state index is 12.7. The summed E-state index contributed by atoms with van der Waals surface area (Å²) < 4.78 is 29.6. The molecule has 1 aliphatic rings. The van der Waals surface area contributed by atoms with Gasteiger partial charge in [-0.15, -0.1) is 0 Å². The van der Waals surface area contributed by atoms with E-state index in [0.29, 0.717) is 38.3 Å². The Bertz CT molecular complexity index is 835. The highest BCUT2D eigenvalue weighted by Crippen LogP contribution is 2.22. The maximum absolute atomic E-state index is 12.7. The first-order valence-electron chi connectivity index (χ1n) is 8.88. The molecule has 1 heterocycles. The van der Waals surface area contributed by atoms with Gasteiger partial charge in [0.2, 0.25) is 5.91 Å². The van der Waals surface area contributed by atoms with Crippen LogP contribution in [0.1, 0.15) is 26.3 Å². The smallest absolute Gasteiger partial charge is 0.387 e. The van der Waals surface area contributed by atoms with Crippen LogP contribution in [0.5, 0.6) is 5.75 Å². The summed E-state index contributed by atoms with van der Waals surface area (Å²) in [7, 11) is 0. The Labute approximate surface area is 161 Å². The number of piperazine rings is 1. The first-order valence-corrected chi connectivity index (χ1v) is 8.88. The van der Waals surface area contributed by atoms with E-state index in [0.717, 1.165) is 5.56 Å². The molecule has 2 N–H and O–H groups in total. The second-order valence-corrected chi connectivity index (χ2v) is 6.50. The summed E-state index contributed by atoms with van der Waals surface area (Å²) in [6.45, 7) is -0.0107. The molecule has 0 aliphatic carbocycles. The molecular formula is C20H21F2N3O3. The number of benzene rings is 2. The molecule has 2 aromatic carbocycles. The number of amides is 2. The van der Waals surface area contributed by atoms with Gasteiger partial charge in [-0.1, -0.05) is 24.3 Å². The zero-order chi connectivity index (χ0) is 20.1. The summed E-state index contributed by atoms with van der Waals surface area (Å²) in [6, 6.07) is 13.1. The van der Waals surface area contributed by atoms with Crippen molar-refractivity contribution in [1.82, 2.24) is 9.80 Å². The van der Waals surface area contributed by atoms with Gasteiger partial charge >= 0.3 is 6.61 Å². The fraction of sp³-hybridized carbons (Fsp3) is 0.300. The van der Waals surface area contributed by atoms with E-state index in [1.807, 2.05) is 12.1 Å². The largest absolute Gasteiger partial charge is 0.434 e. The molecule has 2 amide bonds. The number of hydrogen-bond donors (Lipinski definition) is 1. The van der Waals surface area contributed by atoms with Gasteiger partial charge in [0.1, 0.15) is 5.75 Å². The van der Waals surface area contributed by atoms with Crippen molar-refractivity contribution in [2.24, 2.45) is 5.73 Å². The number of rotatable bonds is 6. The molecule has 0 atom stereocenters. The van der Waals surface area contributed by atoms with Crippen molar-refractivity contribution in [3.05, 3.63) is 65.2 Å². The lowest BCUT2D eigenvalue weighted by molar-refractivity contribution is -0.0503. The van der Waals surface area contributed by atoms with E-state index >= 15 is 0 Å². The number of para-hydroxylation sites is 1. The number of halogens is 2. The maximum Gasteiger partial charge on any atom is 0.387 e. The van der Waals surface area contributed by atoms with Gasteiger partial charge in [-0.05, 0) is 29.8 Å². The zero-order valence-corrected chi connectivity index (χ0v) is 15.2. The number of primary amides is 1. The molecule has 0 spiro atoms. The molecule has 0 saturated carbocycles. The van der Waals surface area contributed by atoms with Gasteiger partial charge in [0.15, 0.2) is 0 Å². The Balaban J connectivity index is 1.58. The number of hydrogen-bond acceptors (Lipinski definition) is 4. The van der Waals surface area contributed by atoms with Crippen LogP contribution in [-0.2, 0) is 6.54 Å². The highest BCUT2D eigenvalue weighted by molar-refractivity contribution is 5.97. The summed E-state index contributed by atoms with van der Waals surface area (Å²) in [4.78, 5) is 27.7. The normalized spacial score (nSPS) is 14.9. The van der Waals surface area contributed by atoms with Crippen LogP contribution in [0.2, 0.25) is 0 Å². The molecule has 6 nitrogen and oxygen atoms in total. The predicted molar refractivity (Wildman–Crippen MR) is 99.2 cm³/mol. The first-order chi connectivity index (χ1) is 13.4. The van der Waals surface area contributed by atoms with Crippen LogP contribution < -0.4 is 10.5 Å². The predicted octanol–water partition coefficient (Wildman–Crippen LogP) is 2.34. The monoisotopic (exact) mass is 389 g/mol. The van der Waals surface area contributed by atoms with E-state index in [1.165, 1.54) is 12.1 Å². The molecule has 0 aromatic heterocycles. The fourth-order valence-corrected chi connectivity index (χ4v) is 3.15. The minimum atomic E-state index is -2.98. The van der Waals surface area contributed by atoms with Crippen LogP contribution in [0.15, 0.2) is 48.5 Å². The van der Waals surface area contributed by atoms with Crippen molar-refractivity contribution >= 4 is 11.8 Å². The lowest BCUT2D eigenvalue weighted by Gasteiger charge is -2.35. The van der Waals surface area contributed by atoms with Crippen LogP contribution in [0.4, 0.5) is 8.78 Å².